The highest BCUT2D eigenvalue weighted by atomic mass is 16.5. The van der Waals surface area contributed by atoms with Crippen LogP contribution in [0.5, 0.6) is 5.75 Å². The number of aryl methyl sites for hydroxylation is 2. The Morgan fingerprint density at radius 2 is 2.09 bits per heavy atom. The zero-order valence-electron chi connectivity index (χ0n) is 13.0. The van der Waals surface area contributed by atoms with Crippen molar-refractivity contribution < 1.29 is 4.74 Å². The third-order valence-electron chi connectivity index (χ3n) is 3.83. The number of nitrogens with zero attached hydrogens (tertiary/aromatic N) is 2. The summed E-state index contributed by atoms with van der Waals surface area (Å²) < 4.78 is 7.52. The molecule has 0 radical (unpaired) electrons. The van der Waals surface area contributed by atoms with Crippen LogP contribution in [0.3, 0.4) is 0 Å². The average molecular weight is 295 g/mol. The van der Waals surface area contributed by atoms with E-state index in [9.17, 15) is 0 Å². The maximum atomic E-state index is 5.70. The van der Waals surface area contributed by atoms with Crippen LogP contribution in [0.25, 0.3) is 16.9 Å². The summed E-state index contributed by atoms with van der Waals surface area (Å²) in [5, 5.41) is 0. The van der Waals surface area contributed by atoms with Gasteiger partial charge in [0, 0.05) is 11.8 Å². The zero-order valence-corrected chi connectivity index (χ0v) is 13.0. The number of benzene rings is 1. The van der Waals surface area contributed by atoms with Gasteiger partial charge in [0.2, 0.25) is 0 Å². The van der Waals surface area contributed by atoms with Crippen molar-refractivity contribution >= 4 is 5.65 Å². The van der Waals surface area contributed by atoms with Crippen LogP contribution in [0, 0.1) is 6.92 Å². The van der Waals surface area contributed by atoms with E-state index in [1.165, 1.54) is 11.3 Å². The Bertz CT molecular complexity index is 792. The number of hydrogen-bond acceptors (Lipinski definition) is 3. The number of fused-ring (bicyclic) bond motifs is 1. The fourth-order valence-electron chi connectivity index (χ4n) is 2.71. The van der Waals surface area contributed by atoms with Gasteiger partial charge in [-0.3, -0.25) is 0 Å². The summed E-state index contributed by atoms with van der Waals surface area (Å²) in [5.41, 5.74) is 11.2. The standard InChI is InChI=1S/C18H21N3O/c1-13-8-9-17-20-18(14-5-3-6-15(11-14)22-2)16(7-4-10-19)21(17)12-13/h3,5-6,8-9,11-12H,4,7,10,19H2,1-2H3. The molecule has 114 valence electrons. The van der Waals surface area contributed by atoms with Gasteiger partial charge < -0.3 is 14.9 Å². The molecule has 0 spiro atoms. The van der Waals surface area contributed by atoms with Gasteiger partial charge in [0.15, 0.2) is 0 Å². The number of rotatable bonds is 5. The highest BCUT2D eigenvalue weighted by molar-refractivity contribution is 5.68. The van der Waals surface area contributed by atoms with Crippen LogP contribution in [-0.2, 0) is 6.42 Å². The summed E-state index contributed by atoms with van der Waals surface area (Å²) >= 11 is 0. The van der Waals surface area contributed by atoms with Crippen molar-refractivity contribution in [1.29, 1.82) is 0 Å². The first-order chi connectivity index (χ1) is 10.7. The normalized spacial score (nSPS) is 11.0. The first kappa shape index (κ1) is 14.6. The SMILES string of the molecule is COc1cccc(-c2nc3ccc(C)cn3c2CCCN)c1. The molecule has 0 atom stereocenters. The molecule has 0 unspecified atom stereocenters. The first-order valence-corrected chi connectivity index (χ1v) is 7.55. The minimum atomic E-state index is 0.677. The lowest BCUT2D eigenvalue weighted by atomic mass is 10.1. The summed E-state index contributed by atoms with van der Waals surface area (Å²) in [6.45, 7) is 2.77. The van der Waals surface area contributed by atoms with Gasteiger partial charge in [0.1, 0.15) is 11.4 Å². The van der Waals surface area contributed by atoms with Gasteiger partial charge >= 0.3 is 0 Å². The van der Waals surface area contributed by atoms with E-state index >= 15 is 0 Å². The first-order valence-electron chi connectivity index (χ1n) is 7.55. The monoisotopic (exact) mass is 295 g/mol. The molecule has 0 fully saturated rings. The molecule has 0 saturated heterocycles. The third-order valence-corrected chi connectivity index (χ3v) is 3.83. The van der Waals surface area contributed by atoms with Crippen molar-refractivity contribution in [2.24, 2.45) is 5.73 Å². The lowest BCUT2D eigenvalue weighted by Crippen LogP contribution is -2.03. The molecule has 3 rings (SSSR count). The second-order valence-electron chi connectivity index (χ2n) is 5.47. The second kappa shape index (κ2) is 6.20. The number of methoxy groups -OCH3 is 1. The van der Waals surface area contributed by atoms with Crippen LogP contribution in [-0.4, -0.2) is 23.0 Å². The van der Waals surface area contributed by atoms with Gasteiger partial charge in [0.05, 0.1) is 18.5 Å². The maximum Gasteiger partial charge on any atom is 0.137 e. The molecule has 0 aliphatic heterocycles. The van der Waals surface area contributed by atoms with Crippen LogP contribution in [0.15, 0.2) is 42.6 Å². The summed E-state index contributed by atoms with van der Waals surface area (Å²) in [6.07, 6.45) is 3.99. The molecule has 2 N–H and O–H groups in total. The van der Waals surface area contributed by atoms with Crippen molar-refractivity contribution in [2.75, 3.05) is 13.7 Å². The van der Waals surface area contributed by atoms with Crippen LogP contribution in [0.2, 0.25) is 0 Å². The Hall–Kier alpha value is -2.33. The molecule has 2 aromatic heterocycles. The van der Waals surface area contributed by atoms with Crippen molar-refractivity contribution in [1.82, 2.24) is 9.38 Å². The highest BCUT2D eigenvalue weighted by Gasteiger charge is 2.14. The quantitative estimate of drug-likeness (QED) is 0.786. The number of imidazole rings is 1. The van der Waals surface area contributed by atoms with Gasteiger partial charge in [-0.1, -0.05) is 18.2 Å². The van der Waals surface area contributed by atoms with E-state index in [1.807, 2.05) is 18.2 Å². The molecule has 0 aliphatic carbocycles. The van der Waals surface area contributed by atoms with E-state index in [0.717, 1.165) is 35.5 Å². The second-order valence-corrected chi connectivity index (χ2v) is 5.47. The van der Waals surface area contributed by atoms with Gasteiger partial charge in [-0.05, 0) is 50.1 Å². The summed E-state index contributed by atoms with van der Waals surface area (Å²) in [6, 6.07) is 12.2. The van der Waals surface area contributed by atoms with E-state index < -0.39 is 0 Å². The zero-order chi connectivity index (χ0) is 15.5. The lowest BCUT2D eigenvalue weighted by molar-refractivity contribution is 0.415. The van der Waals surface area contributed by atoms with E-state index in [0.29, 0.717) is 6.54 Å². The smallest absolute Gasteiger partial charge is 0.137 e. The highest BCUT2D eigenvalue weighted by Crippen LogP contribution is 2.28. The van der Waals surface area contributed by atoms with Crippen LogP contribution in [0.4, 0.5) is 0 Å². The number of pyridine rings is 1. The number of aromatic nitrogens is 2. The van der Waals surface area contributed by atoms with Crippen LogP contribution in [0.1, 0.15) is 17.7 Å². The number of ether oxygens (including phenoxy) is 1. The minimum Gasteiger partial charge on any atom is -0.497 e. The van der Waals surface area contributed by atoms with Crippen molar-refractivity contribution in [3.63, 3.8) is 0 Å². The molecule has 2 heterocycles. The summed E-state index contributed by atoms with van der Waals surface area (Å²) in [5.74, 6) is 0.843. The van der Waals surface area contributed by atoms with E-state index in [4.69, 9.17) is 15.5 Å². The molecular weight excluding hydrogens is 274 g/mol. The fourth-order valence-corrected chi connectivity index (χ4v) is 2.71. The Morgan fingerprint density at radius 3 is 2.86 bits per heavy atom. The Kier molecular flexibility index (Phi) is 4.11. The molecule has 0 aliphatic rings. The number of nitrogens with two attached hydrogens (primary N) is 1. The Labute approximate surface area is 130 Å². The molecular formula is C18H21N3O. The average Bonchev–Trinajstić information content (AvgIpc) is 2.90. The Balaban J connectivity index is 2.18. The van der Waals surface area contributed by atoms with E-state index in [2.05, 4.69) is 35.7 Å². The van der Waals surface area contributed by atoms with Crippen molar-refractivity contribution in [3.05, 3.63) is 53.9 Å². The predicted octanol–water partition coefficient (Wildman–Crippen LogP) is 3.21. The Morgan fingerprint density at radius 1 is 1.23 bits per heavy atom. The lowest BCUT2D eigenvalue weighted by Gasteiger charge is -2.06. The number of hydrogen-bond donors (Lipinski definition) is 1. The fraction of sp³-hybridized carbons (Fsp3) is 0.278. The molecule has 0 saturated carbocycles. The molecule has 22 heavy (non-hydrogen) atoms. The largest absolute Gasteiger partial charge is 0.497 e. The molecule has 0 bridgehead atoms. The van der Waals surface area contributed by atoms with E-state index in [-0.39, 0.29) is 0 Å². The van der Waals surface area contributed by atoms with Crippen molar-refractivity contribution in [3.8, 4) is 17.0 Å². The third kappa shape index (κ3) is 2.70. The topological polar surface area (TPSA) is 52.5 Å². The molecule has 0 amide bonds. The molecule has 3 aromatic rings. The predicted molar refractivity (Wildman–Crippen MR) is 89.3 cm³/mol. The van der Waals surface area contributed by atoms with Crippen LogP contribution < -0.4 is 10.5 Å². The minimum absolute atomic E-state index is 0.677. The molecule has 4 nitrogen and oxygen atoms in total. The van der Waals surface area contributed by atoms with Gasteiger partial charge in [-0.2, -0.15) is 0 Å². The van der Waals surface area contributed by atoms with Gasteiger partial charge in [0.25, 0.3) is 0 Å². The maximum absolute atomic E-state index is 5.70. The van der Waals surface area contributed by atoms with Crippen LogP contribution >= 0.6 is 0 Å². The van der Waals surface area contributed by atoms with Gasteiger partial charge in [-0.25, -0.2) is 4.98 Å². The summed E-state index contributed by atoms with van der Waals surface area (Å²) in [4.78, 5) is 4.82. The molecule has 1 aromatic carbocycles. The van der Waals surface area contributed by atoms with Gasteiger partial charge in [-0.15, -0.1) is 0 Å². The molecule has 4 heteroatoms. The van der Waals surface area contributed by atoms with E-state index in [1.54, 1.807) is 7.11 Å². The van der Waals surface area contributed by atoms with Crippen molar-refractivity contribution in [2.45, 2.75) is 19.8 Å². The summed E-state index contributed by atoms with van der Waals surface area (Å²) in [7, 11) is 1.68.